The fourth-order valence-electron chi connectivity index (χ4n) is 2.82. The molecule has 2 heterocycles. The minimum atomic E-state index is -1.03. The fraction of sp³-hybridized carbons (Fsp3) is 0.357. The van der Waals surface area contributed by atoms with Crippen molar-refractivity contribution in [3.63, 3.8) is 0 Å². The van der Waals surface area contributed by atoms with Crippen molar-refractivity contribution in [2.45, 2.75) is 31.3 Å². The Balaban J connectivity index is 1.94. The van der Waals surface area contributed by atoms with Crippen LogP contribution in [0.15, 0.2) is 24.3 Å². The van der Waals surface area contributed by atoms with Crippen molar-refractivity contribution in [3.8, 4) is 0 Å². The Morgan fingerprint density at radius 2 is 2.05 bits per heavy atom. The number of hydrogen-bond acceptors (Lipinski definition) is 3. The Bertz CT molecular complexity index is 599. The minimum Gasteiger partial charge on any atom is -0.480 e. The van der Waals surface area contributed by atoms with Gasteiger partial charge < -0.3 is 10.4 Å². The molecule has 3 rings (SSSR count). The predicted octanol–water partition coefficient (Wildman–Crippen LogP) is 0.308. The normalized spacial score (nSPS) is 24.4. The van der Waals surface area contributed by atoms with Gasteiger partial charge in [0.2, 0.25) is 11.8 Å². The quantitative estimate of drug-likeness (QED) is 0.812. The van der Waals surface area contributed by atoms with E-state index < -0.39 is 18.1 Å². The van der Waals surface area contributed by atoms with Gasteiger partial charge in [-0.15, -0.1) is 0 Å². The highest BCUT2D eigenvalue weighted by Gasteiger charge is 2.42. The second-order valence-corrected chi connectivity index (χ2v) is 5.05. The summed E-state index contributed by atoms with van der Waals surface area (Å²) in [4.78, 5) is 36.5. The molecule has 1 fully saturated rings. The third-order valence-electron chi connectivity index (χ3n) is 3.79. The molecule has 6 nitrogen and oxygen atoms in total. The fourth-order valence-corrected chi connectivity index (χ4v) is 2.82. The number of nitrogens with one attached hydrogen (secondary N) is 1. The van der Waals surface area contributed by atoms with E-state index in [4.69, 9.17) is 0 Å². The summed E-state index contributed by atoms with van der Waals surface area (Å²) >= 11 is 0. The molecule has 1 saturated heterocycles. The molecule has 6 heteroatoms. The first-order valence-corrected chi connectivity index (χ1v) is 6.51. The van der Waals surface area contributed by atoms with E-state index in [-0.39, 0.29) is 11.8 Å². The Morgan fingerprint density at radius 3 is 2.70 bits per heavy atom. The van der Waals surface area contributed by atoms with Gasteiger partial charge >= 0.3 is 5.97 Å². The molecule has 20 heavy (non-hydrogen) atoms. The second kappa shape index (κ2) is 4.63. The number of carbonyl (C=O) groups is 3. The molecule has 0 saturated carbocycles. The zero-order chi connectivity index (χ0) is 14.3. The number of carboxylic acid groups (broad SMARTS) is 1. The van der Waals surface area contributed by atoms with Gasteiger partial charge in [-0.1, -0.05) is 18.2 Å². The van der Waals surface area contributed by atoms with Crippen molar-refractivity contribution in [1.29, 1.82) is 0 Å². The van der Waals surface area contributed by atoms with Crippen LogP contribution < -0.4 is 10.2 Å². The SMILES string of the molecule is O=C1CC[C@H](C(=O)N2c3ccccc3C[C@H]2C(=O)O)N1. The Labute approximate surface area is 115 Å². The third kappa shape index (κ3) is 1.93. The summed E-state index contributed by atoms with van der Waals surface area (Å²) in [6.07, 6.45) is 1.03. The first-order valence-electron chi connectivity index (χ1n) is 6.51. The van der Waals surface area contributed by atoms with Crippen LogP contribution in [0.25, 0.3) is 0 Å². The molecule has 0 bridgehead atoms. The summed E-state index contributed by atoms with van der Waals surface area (Å²) in [6, 6.07) is 5.66. The van der Waals surface area contributed by atoms with Crippen molar-refractivity contribution in [1.82, 2.24) is 5.32 Å². The highest BCUT2D eigenvalue weighted by Crippen LogP contribution is 2.33. The molecular weight excluding hydrogens is 260 g/mol. The molecule has 0 aromatic heterocycles. The maximum absolute atomic E-state index is 12.5. The van der Waals surface area contributed by atoms with Gasteiger partial charge in [0.1, 0.15) is 12.1 Å². The van der Waals surface area contributed by atoms with Crippen molar-refractivity contribution in [3.05, 3.63) is 29.8 Å². The van der Waals surface area contributed by atoms with Gasteiger partial charge in [-0.2, -0.15) is 0 Å². The van der Waals surface area contributed by atoms with Crippen LogP contribution in [0.5, 0.6) is 0 Å². The van der Waals surface area contributed by atoms with Gasteiger partial charge in [-0.05, 0) is 18.1 Å². The van der Waals surface area contributed by atoms with E-state index in [2.05, 4.69) is 5.32 Å². The number of amides is 2. The van der Waals surface area contributed by atoms with Crippen LogP contribution in [0.2, 0.25) is 0 Å². The second-order valence-electron chi connectivity index (χ2n) is 5.05. The van der Waals surface area contributed by atoms with Crippen molar-refractivity contribution >= 4 is 23.5 Å². The summed E-state index contributed by atoms with van der Waals surface area (Å²) in [7, 11) is 0. The summed E-state index contributed by atoms with van der Waals surface area (Å²) in [6.45, 7) is 0. The van der Waals surface area contributed by atoms with Crippen molar-refractivity contribution in [2.24, 2.45) is 0 Å². The zero-order valence-corrected chi connectivity index (χ0v) is 10.7. The van der Waals surface area contributed by atoms with E-state index in [1.54, 1.807) is 12.1 Å². The maximum atomic E-state index is 12.5. The molecule has 1 aromatic rings. The van der Waals surface area contributed by atoms with Crippen molar-refractivity contribution in [2.75, 3.05) is 4.90 Å². The third-order valence-corrected chi connectivity index (χ3v) is 3.79. The first-order chi connectivity index (χ1) is 9.58. The predicted molar refractivity (Wildman–Crippen MR) is 70.2 cm³/mol. The number of para-hydroxylation sites is 1. The number of hydrogen-bond donors (Lipinski definition) is 2. The summed E-state index contributed by atoms with van der Waals surface area (Å²) in [5.74, 6) is -1.53. The molecular formula is C14H14N2O4. The lowest BCUT2D eigenvalue weighted by molar-refractivity contribution is -0.140. The molecule has 2 N–H and O–H groups in total. The molecule has 104 valence electrons. The minimum absolute atomic E-state index is 0.164. The number of nitrogens with zero attached hydrogens (tertiary/aromatic N) is 1. The van der Waals surface area contributed by atoms with E-state index >= 15 is 0 Å². The molecule has 0 radical (unpaired) electrons. The van der Waals surface area contributed by atoms with Gasteiger partial charge in [-0.25, -0.2) is 4.79 Å². The number of benzene rings is 1. The van der Waals surface area contributed by atoms with Crippen LogP contribution >= 0.6 is 0 Å². The molecule has 0 unspecified atom stereocenters. The Hall–Kier alpha value is -2.37. The Kier molecular flexibility index (Phi) is 2.93. The van der Waals surface area contributed by atoms with Crippen LogP contribution in [0.3, 0.4) is 0 Å². The highest BCUT2D eigenvalue weighted by atomic mass is 16.4. The zero-order valence-electron chi connectivity index (χ0n) is 10.7. The molecule has 0 spiro atoms. The monoisotopic (exact) mass is 274 g/mol. The highest BCUT2D eigenvalue weighted by molar-refractivity contribution is 6.06. The standard InChI is InChI=1S/C14H14N2O4/c17-12-6-5-9(15-12)13(18)16-10-4-2-1-3-8(10)7-11(16)14(19)20/h1-4,9,11H,5-7H2,(H,15,17)(H,19,20)/t9-,11+/m1/s1. The van der Waals surface area contributed by atoms with Gasteiger partial charge in [0.15, 0.2) is 0 Å². The van der Waals surface area contributed by atoms with Gasteiger partial charge in [-0.3, -0.25) is 14.5 Å². The molecule has 1 aromatic carbocycles. The summed E-state index contributed by atoms with van der Waals surface area (Å²) in [5.41, 5.74) is 1.48. The van der Waals surface area contributed by atoms with Crippen LogP contribution in [0.1, 0.15) is 18.4 Å². The molecule has 2 aliphatic rings. The largest absolute Gasteiger partial charge is 0.480 e. The Morgan fingerprint density at radius 1 is 1.30 bits per heavy atom. The van der Waals surface area contributed by atoms with Crippen LogP contribution in [0, 0.1) is 0 Å². The van der Waals surface area contributed by atoms with Crippen LogP contribution in [0.4, 0.5) is 5.69 Å². The van der Waals surface area contributed by atoms with E-state index in [1.165, 1.54) is 4.90 Å². The van der Waals surface area contributed by atoms with Crippen LogP contribution in [-0.2, 0) is 20.8 Å². The summed E-state index contributed by atoms with van der Waals surface area (Å²) in [5, 5.41) is 11.9. The lowest BCUT2D eigenvalue weighted by atomic mass is 10.1. The number of carbonyl (C=O) groups excluding carboxylic acids is 2. The number of anilines is 1. The van der Waals surface area contributed by atoms with E-state index in [0.29, 0.717) is 24.9 Å². The van der Waals surface area contributed by atoms with Gasteiger partial charge in [0.25, 0.3) is 0 Å². The molecule has 2 aliphatic heterocycles. The average Bonchev–Trinajstić information content (AvgIpc) is 3.01. The lowest BCUT2D eigenvalue weighted by Crippen LogP contribution is -2.50. The maximum Gasteiger partial charge on any atom is 0.327 e. The van der Waals surface area contributed by atoms with Gasteiger partial charge in [0.05, 0.1) is 0 Å². The molecule has 2 amide bonds. The number of fused-ring (bicyclic) bond motifs is 1. The lowest BCUT2D eigenvalue weighted by Gasteiger charge is -2.25. The average molecular weight is 274 g/mol. The van der Waals surface area contributed by atoms with Crippen LogP contribution in [-0.4, -0.2) is 35.0 Å². The first kappa shape index (κ1) is 12.7. The topological polar surface area (TPSA) is 86.7 Å². The molecule has 0 aliphatic carbocycles. The van der Waals surface area contributed by atoms with E-state index in [0.717, 1.165) is 5.56 Å². The van der Waals surface area contributed by atoms with Gasteiger partial charge in [0, 0.05) is 18.5 Å². The van der Waals surface area contributed by atoms with Crippen molar-refractivity contribution < 1.29 is 19.5 Å². The number of aliphatic carboxylic acids is 1. The smallest absolute Gasteiger partial charge is 0.327 e. The van der Waals surface area contributed by atoms with E-state index in [9.17, 15) is 19.5 Å². The molecule has 2 atom stereocenters. The van der Waals surface area contributed by atoms with E-state index in [1.807, 2.05) is 12.1 Å². The number of carboxylic acids is 1. The summed E-state index contributed by atoms with van der Waals surface area (Å²) < 4.78 is 0. The number of rotatable bonds is 2.